The van der Waals surface area contributed by atoms with E-state index >= 15 is 0 Å². The molecule has 0 radical (unpaired) electrons. The maximum Gasteiger partial charge on any atom is 0.329 e. The van der Waals surface area contributed by atoms with Gasteiger partial charge in [-0.25, -0.2) is 4.79 Å². The highest BCUT2D eigenvalue weighted by atomic mass is 16.5. The Balaban J connectivity index is 3.33. The van der Waals surface area contributed by atoms with Crippen LogP contribution in [0.3, 0.4) is 0 Å². The Labute approximate surface area is 250 Å². The predicted octanol–water partition coefficient (Wildman–Crippen LogP) is 1.71. The number of hydrogen-bond acceptors (Lipinski definition) is 7. The fourth-order valence-corrected chi connectivity index (χ4v) is 4.58. The highest BCUT2D eigenvalue weighted by Crippen LogP contribution is 2.15. The van der Waals surface area contributed by atoms with Crippen molar-refractivity contribution in [2.24, 2.45) is 17.8 Å². The van der Waals surface area contributed by atoms with Crippen molar-refractivity contribution in [3.8, 4) is 0 Å². The van der Waals surface area contributed by atoms with Crippen molar-refractivity contribution in [3.63, 3.8) is 0 Å². The van der Waals surface area contributed by atoms with Gasteiger partial charge < -0.3 is 31.3 Å². The Kier molecular flexibility index (Phi) is 16.1. The van der Waals surface area contributed by atoms with E-state index in [1.807, 2.05) is 13.8 Å². The molecular weight excluding hydrogens is 542 g/mol. The molecule has 1 fully saturated rings. The summed E-state index contributed by atoms with van der Waals surface area (Å²) in [6.07, 6.45) is 3.51. The lowest BCUT2D eigenvalue weighted by atomic mass is 9.99. The molecule has 12 nitrogen and oxygen atoms in total. The zero-order chi connectivity index (χ0) is 32.0. The van der Waals surface area contributed by atoms with Gasteiger partial charge in [-0.1, -0.05) is 67.7 Å². The molecule has 0 spiro atoms. The van der Waals surface area contributed by atoms with E-state index in [0.29, 0.717) is 12.8 Å². The number of nitrogens with one attached hydrogen (secondary N) is 5. The summed E-state index contributed by atoms with van der Waals surface area (Å²) in [6, 6.07) is -3.95. The normalized spacial score (nSPS) is 25.9. The van der Waals surface area contributed by atoms with Crippen LogP contribution in [0.15, 0.2) is 0 Å². The number of amides is 5. The van der Waals surface area contributed by atoms with Gasteiger partial charge in [-0.05, 0) is 43.9 Å². The van der Waals surface area contributed by atoms with Gasteiger partial charge in [0.05, 0.1) is 13.0 Å². The summed E-state index contributed by atoms with van der Waals surface area (Å²) >= 11 is 0. The van der Waals surface area contributed by atoms with Crippen molar-refractivity contribution in [3.05, 3.63) is 0 Å². The van der Waals surface area contributed by atoms with E-state index in [2.05, 4.69) is 33.5 Å². The molecule has 1 saturated heterocycles. The van der Waals surface area contributed by atoms with Crippen LogP contribution in [0.25, 0.3) is 0 Å². The molecule has 0 aromatic heterocycles. The Morgan fingerprint density at radius 2 is 1.38 bits per heavy atom. The first-order chi connectivity index (χ1) is 19.7. The monoisotopic (exact) mass is 595 g/mol. The summed E-state index contributed by atoms with van der Waals surface area (Å²) < 4.78 is 5.74. The van der Waals surface area contributed by atoms with E-state index < -0.39 is 65.8 Å². The SMILES string of the molecule is CCCCCCC1CC(=O)NCC(=O)NC(C(C)C)C(=O)N[C@@H](CC(C)C)C(=O)N[C@@H](C)C(=O)NC(C(C)C)C(=O)O1. The number of ether oxygens (including phenoxy) is 1. The second-order valence-electron chi connectivity index (χ2n) is 12.3. The fraction of sp³-hybridized carbons (Fsp3) is 0.800. The van der Waals surface area contributed by atoms with Gasteiger partial charge >= 0.3 is 5.97 Å². The number of cyclic esters (lactones) is 1. The lowest BCUT2D eigenvalue weighted by molar-refractivity contribution is -0.156. The van der Waals surface area contributed by atoms with Crippen molar-refractivity contribution >= 4 is 35.5 Å². The second kappa shape index (κ2) is 18.4. The van der Waals surface area contributed by atoms with E-state index in [-0.39, 0.29) is 30.7 Å². The first-order valence-electron chi connectivity index (χ1n) is 15.3. The van der Waals surface area contributed by atoms with Crippen molar-refractivity contribution in [1.29, 1.82) is 0 Å². The molecule has 3 unspecified atom stereocenters. The summed E-state index contributed by atoms with van der Waals surface area (Å²) in [7, 11) is 0. The van der Waals surface area contributed by atoms with Crippen LogP contribution in [-0.2, 0) is 33.5 Å². The average Bonchev–Trinajstić information content (AvgIpc) is 2.89. The lowest BCUT2D eigenvalue weighted by Crippen LogP contribution is -2.58. The minimum absolute atomic E-state index is 0.0316. The third-order valence-corrected chi connectivity index (χ3v) is 7.10. The van der Waals surface area contributed by atoms with Gasteiger partial charge in [-0.15, -0.1) is 0 Å². The van der Waals surface area contributed by atoms with E-state index in [1.54, 1.807) is 27.7 Å². The Morgan fingerprint density at radius 3 is 1.95 bits per heavy atom. The van der Waals surface area contributed by atoms with Crippen molar-refractivity contribution < 1.29 is 33.5 Å². The van der Waals surface area contributed by atoms with Gasteiger partial charge in [0, 0.05) is 0 Å². The van der Waals surface area contributed by atoms with Crippen molar-refractivity contribution in [2.75, 3.05) is 6.54 Å². The number of hydrogen-bond donors (Lipinski definition) is 5. The number of esters is 1. The first kappa shape index (κ1) is 36.8. The quantitative estimate of drug-likeness (QED) is 0.199. The third-order valence-electron chi connectivity index (χ3n) is 7.10. The lowest BCUT2D eigenvalue weighted by Gasteiger charge is -2.27. The molecule has 5 N–H and O–H groups in total. The largest absolute Gasteiger partial charge is 0.460 e. The number of carbonyl (C=O) groups is 6. The molecule has 42 heavy (non-hydrogen) atoms. The van der Waals surface area contributed by atoms with Crippen LogP contribution in [0.4, 0.5) is 0 Å². The van der Waals surface area contributed by atoms with E-state index in [0.717, 1.165) is 25.7 Å². The van der Waals surface area contributed by atoms with Gasteiger partial charge in [0.1, 0.15) is 30.3 Å². The van der Waals surface area contributed by atoms with Gasteiger partial charge in [-0.2, -0.15) is 0 Å². The molecular formula is C30H53N5O7. The average molecular weight is 596 g/mol. The van der Waals surface area contributed by atoms with Gasteiger partial charge in [-0.3, -0.25) is 24.0 Å². The van der Waals surface area contributed by atoms with Crippen LogP contribution in [0, 0.1) is 17.8 Å². The van der Waals surface area contributed by atoms with Crippen LogP contribution in [0.5, 0.6) is 0 Å². The zero-order valence-electron chi connectivity index (χ0n) is 26.6. The topological polar surface area (TPSA) is 172 Å². The van der Waals surface area contributed by atoms with Crippen molar-refractivity contribution in [2.45, 2.75) is 131 Å². The molecule has 1 aliphatic heterocycles. The third kappa shape index (κ3) is 13.2. The number of carbonyl (C=O) groups excluding carboxylic acids is 6. The fourth-order valence-electron chi connectivity index (χ4n) is 4.58. The molecule has 240 valence electrons. The number of unbranched alkanes of at least 4 members (excludes halogenated alkanes) is 3. The van der Waals surface area contributed by atoms with Gasteiger partial charge in [0.2, 0.25) is 29.5 Å². The summed E-state index contributed by atoms with van der Waals surface area (Å²) in [4.78, 5) is 78.2. The molecule has 0 aliphatic carbocycles. The van der Waals surface area contributed by atoms with Crippen LogP contribution in [0.2, 0.25) is 0 Å². The van der Waals surface area contributed by atoms with Crippen LogP contribution < -0.4 is 26.6 Å². The molecule has 0 bridgehead atoms. The standard InChI is InChI=1S/C30H53N5O7/c1-9-10-11-12-13-21-15-23(36)31-16-24(37)34-25(18(4)5)29(40)33-22(14-17(2)3)28(39)32-20(8)27(38)35-26(19(6)7)30(41)42-21/h17-22,25-26H,9-16H2,1-8H3,(H,31,36)(H,32,39)(H,33,40)(H,34,37)(H,35,38)/t20-,21?,22-,25?,26?/m0/s1. The van der Waals surface area contributed by atoms with E-state index in [9.17, 15) is 28.8 Å². The van der Waals surface area contributed by atoms with Gasteiger partial charge in [0.25, 0.3) is 0 Å². The molecule has 0 saturated carbocycles. The molecule has 1 aliphatic rings. The molecule has 12 heteroatoms. The Morgan fingerprint density at radius 1 is 0.738 bits per heavy atom. The van der Waals surface area contributed by atoms with E-state index in [4.69, 9.17) is 4.74 Å². The summed E-state index contributed by atoms with van der Waals surface area (Å²) in [5, 5.41) is 13.2. The molecule has 0 aromatic carbocycles. The smallest absolute Gasteiger partial charge is 0.329 e. The van der Waals surface area contributed by atoms with Gasteiger partial charge in [0.15, 0.2) is 0 Å². The summed E-state index contributed by atoms with van der Waals surface area (Å²) in [6.45, 7) is 14.0. The number of rotatable bonds is 9. The highest BCUT2D eigenvalue weighted by Gasteiger charge is 2.33. The molecule has 1 heterocycles. The Hall–Kier alpha value is -3.18. The zero-order valence-corrected chi connectivity index (χ0v) is 26.6. The maximum absolute atomic E-state index is 13.2. The molecule has 5 atom stereocenters. The van der Waals surface area contributed by atoms with Crippen LogP contribution >= 0.6 is 0 Å². The van der Waals surface area contributed by atoms with Crippen molar-refractivity contribution in [1.82, 2.24) is 26.6 Å². The second-order valence-corrected chi connectivity index (χ2v) is 12.3. The predicted molar refractivity (Wildman–Crippen MR) is 159 cm³/mol. The summed E-state index contributed by atoms with van der Waals surface area (Å²) in [5.74, 6) is -4.04. The van der Waals surface area contributed by atoms with E-state index in [1.165, 1.54) is 6.92 Å². The molecule has 1 rings (SSSR count). The minimum Gasteiger partial charge on any atom is -0.460 e. The highest BCUT2D eigenvalue weighted by molar-refractivity contribution is 5.95. The van der Waals surface area contributed by atoms with Crippen LogP contribution in [0.1, 0.15) is 100 Å². The minimum atomic E-state index is -1.02. The summed E-state index contributed by atoms with van der Waals surface area (Å²) in [5.41, 5.74) is 0. The first-order valence-corrected chi connectivity index (χ1v) is 15.3. The molecule has 0 aromatic rings. The van der Waals surface area contributed by atoms with Crippen LogP contribution in [-0.4, -0.2) is 72.3 Å². The molecule has 5 amide bonds. The maximum atomic E-state index is 13.2. The Bertz CT molecular complexity index is 937.